The smallest absolute Gasteiger partial charge is 0.335 e. The van der Waals surface area contributed by atoms with E-state index in [4.69, 9.17) is 5.11 Å². The molecule has 2 rings (SSSR count). The van der Waals surface area contributed by atoms with Crippen LogP contribution < -0.4 is 5.32 Å². The van der Waals surface area contributed by atoms with Gasteiger partial charge in [-0.3, -0.25) is 0 Å². The van der Waals surface area contributed by atoms with Crippen LogP contribution in [0.1, 0.15) is 21.5 Å². The van der Waals surface area contributed by atoms with E-state index in [0.29, 0.717) is 17.7 Å². The Bertz CT molecular complexity index is 652. The van der Waals surface area contributed by atoms with Crippen molar-refractivity contribution in [3.8, 4) is 11.5 Å². The van der Waals surface area contributed by atoms with Crippen molar-refractivity contribution >= 4 is 11.7 Å². The van der Waals surface area contributed by atoms with Gasteiger partial charge in [0.2, 0.25) is 0 Å². The van der Waals surface area contributed by atoms with Crippen LogP contribution in [-0.2, 0) is 6.54 Å². The highest BCUT2D eigenvalue weighted by atomic mass is 16.4. The zero-order chi connectivity index (χ0) is 14.7. The standard InChI is InChI=1S/C15H15NO4/c1-9-6-11(2-4-13(9)15(19)20)16-8-10-7-12(17)3-5-14(10)18/h2-7,16-18H,8H2,1H3,(H,19,20). The molecule has 5 heteroatoms. The Morgan fingerprint density at radius 1 is 1.15 bits per heavy atom. The molecule has 5 nitrogen and oxygen atoms in total. The molecule has 0 atom stereocenters. The van der Waals surface area contributed by atoms with Crippen LogP contribution in [0.4, 0.5) is 5.69 Å². The summed E-state index contributed by atoms with van der Waals surface area (Å²) in [7, 11) is 0. The molecule has 2 aromatic carbocycles. The minimum atomic E-state index is -0.959. The molecule has 20 heavy (non-hydrogen) atoms. The number of phenols is 2. The second kappa shape index (κ2) is 5.52. The van der Waals surface area contributed by atoms with E-state index in [9.17, 15) is 15.0 Å². The second-order valence-corrected chi connectivity index (χ2v) is 4.50. The van der Waals surface area contributed by atoms with Gasteiger partial charge >= 0.3 is 5.97 Å². The fourth-order valence-corrected chi connectivity index (χ4v) is 1.92. The van der Waals surface area contributed by atoms with E-state index >= 15 is 0 Å². The van der Waals surface area contributed by atoms with E-state index in [1.165, 1.54) is 24.3 Å². The summed E-state index contributed by atoms with van der Waals surface area (Å²) < 4.78 is 0. The van der Waals surface area contributed by atoms with Crippen molar-refractivity contribution in [1.29, 1.82) is 0 Å². The molecule has 0 fully saturated rings. The van der Waals surface area contributed by atoms with E-state index in [1.807, 2.05) is 0 Å². The summed E-state index contributed by atoms with van der Waals surface area (Å²) in [4.78, 5) is 10.9. The molecule has 0 aliphatic rings. The first-order chi connectivity index (χ1) is 9.47. The van der Waals surface area contributed by atoms with Gasteiger partial charge < -0.3 is 20.6 Å². The summed E-state index contributed by atoms with van der Waals surface area (Å²) in [6, 6.07) is 9.22. The average Bonchev–Trinajstić information content (AvgIpc) is 2.39. The summed E-state index contributed by atoms with van der Waals surface area (Å²) in [6.07, 6.45) is 0. The first-order valence-corrected chi connectivity index (χ1v) is 6.06. The van der Waals surface area contributed by atoms with E-state index in [-0.39, 0.29) is 17.1 Å². The zero-order valence-electron chi connectivity index (χ0n) is 10.9. The van der Waals surface area contributed by atoms with Gasteiger partial charge in [0.25, 0.3) is 0 Å². The molecule has 0 saturated heterocycles. The van der Waals surface area contributed by atoms with Gasteiger partial charge in [-0.1, -0.05) is 0 Å². The van der Waals surface area contributed by atoms with Gasteiger partial charge in [-0.15, -0.1) is 0 Å². The SMILES string of the molecule is Cc1cc(NCc2cc(O)ccc2O)ccc1C(=O)O. The molecule has 0 unspecified atom stereocenters. The molecule has 0 radical (unpaired) electrons. The Labute approximate surface area is 116 Å². The molecular formula is C15H15NO4. The summed E-state index contributed by atoms with van der Waals surface area (Å²) >= 11 is 0. The van der Waals surface area contributed by atoms with Crippen LogP contribution in [0.3, 0.4) is 0 Å². The molecule has 2 aromatic rings. The number of benzene rings is 2. The number of nitrogens with one attached hydrogen (secondary N) is 1. The van der Waals surface area contributed by atoms with Crippen molar-refractivity contribution in [2.24, 2.45) is 0 Å². The summed E-state index contributed by atoms with van der Waals surface area (Å²) in [5.41, 5.74) is 2.22. The van der Waals surface area contributed by atoms with Gasteiger partial charge in [-0.05, 0) is 48.9 Å². The lowest BCUT2D eigenvalue weighted by Crippen LogP contribution is -2.03. The molecule has 0 saturated carbocycles. The van der Waals surface area contributed by atoms with Gasteiger partial charge in [0.15, 0.2) is 0 Å². The van der Waals surface area contributed by atoms with Gasteiger partial charge in [0.05, 0.1) is 5.56 Å². The largest absolute Gasteiger partial charge is 0.508 e. The van der Waals surface area contributed by atoms with Crippen LogP contribution in [0, 0.1) is 6.92 Å². The number of hydrogen-bond donors (Lipinski definition) is 4. The van der Waals surface area contributed by atoms with Crippen molar-refractivity contribution in [3.63, 3.8) is 0 Å². The predicted molar refractivity (Wildman–Crippen MR) is 75.2 cm³/mol. The van der Waals surface area contributed by atoms with Crippen LogP contribution in [0.25, 0.3) is 0 Å². The third kappa shape index (κ3) is 3.00. The number of aromatic hydroxyl groups is 2. The highest BCUT2D eigenvalue weighted by Gasteiger charge is 2.07. The number of aromatic carboxylic acids is 1. The van der Waals surface area contributed by atoms with Crippen molar-refractivity contribution in [2.45, 2.75) is 13.5 Å². The maximum atomic E-state index is 10.9. The fraction of sp³-hybridized carbons (Fsp3) is 0.133. The summed E-state index contributed by atoms with van der Waals surface area (Å²) in [5.74, 6) is -0.786. The molecule has 104 valence electrons. The third-order valence-corrected chi connectivity index (χ3v) is 3.00. The second-order valence-electron chi connectivity index (χ2n) is 4.50. The number of phenolic OH excluding ortho intramolecular Hbond substituents is 2. The zero-order valence-corrected chi connectivity index (χ0v) is 10.9. The normalized spacial score (nSPS) is 10.2. The molecule has 0 aliphatic carbocycles. The van der Waals surface area contributed by atoms with Gasteiger partial charge in [0.1, 0.15) is 11.5 Å². The van der Waals surface area contributed by atoms with Crippen molar-refractivity contribution in [2.75, 3.05) is 5.32 Å². The minimum Gasteiger partial charge on any atom is -0.508 e. The maximum absolute atomic E-state index is 10.9. The van der Waals surface area contributed by atoms with Crippen LogP contribution in [0.15, 0.2) is 36.4 Å². The number of anilines is 1. The lowest BCUT2D eigenvalue weighted by atomic mass is 10.1. The van der Waals surface area contributed by atoms with Crippen LogP contribution >= 0.6 is 0 Å². The van der Waals surface area contributed by atoms with Gasteiger partial charge in [-0.25, -0.2) is 4.79 Å². The van der Waals surface area contributed by atoms with E-state index < -0.39 is 5.97 Å². The highest BCUT2D eigenvalue weighted by Crippen LogP contribution is 2.23. The number of rotatable bonds is 4. The molecule has 4 N–H and O–H groups in total. The van der Waals surface area contributed by atoms with E-state index in [1.54, 1.807) is 19.1 Å². The first kappa shape index (κ1) is 13.7. The average molecular weight is 273 g/mol. The third-order valence-electron chi connectivity index (χ3n) is 3.00. The quantitative estimate of drug-likeness (QED) is 0.643. The van der Waals surface area contributed by atoms with Crippen molar-refractivity contribution < 1.29 is 20.1 Å². The predicted octanol–water partition coefficient (Wildman–Crippen LogP) is 2.72. The minimum absolute atomic E-state index is 0.0806. The summed E-state index contributed by atoms with van der Waals surface area (Å²) in [5, 5.41) is 31.0. The molecule has 0 amide bonds. The number of carboxylic acid groups (broad SMARTS) is 1. The van der Waals surface area contributed by atoms with E-state index in [0.717, 1.165) is 5.69 Å². The number of hydrogen-bond acceptors (Lipinski definition) is 4. The molecular weight excluding hydrogens is 258 g/mol. The topological polar surface area (TPSA) is 89.8 Å². The Hall–Kier alpha value is -2.69. The van der Waals surface area contributed by atoms with Gasteiger partial charge in [0, 0.05) is 17.8 Å². The molecule has 0 heterocycles. The number of carboxylic acids is 1. The molecule has 0 spiro atoms. The Morgan fingerprint density at radius 3 is 2.55 bits per heavy atom. The van der Waals surface area contributed by atoms with E-state index in [2.05, 4.69) is 5.32 Å². The Balaban J connectivity index is 2.13. The van der Waals surface area contributed by atoms with Gasteiger partial charge in [-0.2, -0.15) is 0 Å². The maximum Gasteiger partial charge on any atom is 0.335 e. The number of aryl methyl sites for hydroxylation is 1. The highest BCUT2D eigenvalue weighted by molar-refractivity contribution is 5.89. The van der Waals surface area contributed by atoms with Crippen molar-refractivity contribution in [1.82, 2.24) is 0 Å². The Morgan fingerprint density at radius 2 is 1.90 bits per heavy atom. The Kier molecular flexibility index (Phi) is 3.79. The molecule has 0 aliphatic heterocycles. The first-order valence-electron chi connectivity index (χ1n) is 6.06. The fourth-order valence-electron chi connectivity index (χ4n) is 1.92. The molecule has 0 bridgehead atoms. The number of carbonyl (C=O) groups is 1. The van der Waals surface area contributed by atoms with Crippen LogP contribution in [-0.4, -0.2) is 21.3 Å². The van der Waals surface area contributed by atoms with Crippen molar-refractivity contribution in [3.05, 3.63) is 53.1 Å². The van der Waals surface area contributed by atoms with Crippen LogP contribution in [0.2, 0.25) is 0 Å². The summed E-state index contributed by atoms with van der Waals surface area (Å²) in [6.45, 7) is 2.05. The van der Waals surface area contributed by atoms with Crippen LogP contribution in [0.5, 0.6) is 11.5 Å². The monoisotopic (exact) mass is 273 g/mol. The lowest BCUT2D eigenvalue weighted by molar-refractivity contribution is 0.0696. The molecule has 0 aromatic heterocycles. The lowest BCUT2D eigenvalue weighted by Gasteiger charge is -2.10.